The summed E-state index contributed by atoms with van der Waals surface area (Å²) in [6, 6.07) is 6.11. The van der Waals surface area contributed by atoms with E-state index in [4.69, 9.17) is 26.2 Å². The van der Waals surface area contributed by atoms with Gasteiger partial charge in [0.25, 0.3) is 5.91 Å². The van der Waals surface area contributed by atoms with E-state index in [2.05, 4.69) is 0 Å². The number of methoxy groups -OCH3 is 1. The molecule has 0 aliphatic rings. The topological polar surface area (TPSA) is 125 Å². The van der Waals surface area contributed by atoms with Gasteiger partial charge in [-0.25, -0.2) is 18.4 Å². The number of hydrogen-bond donors (Lipinski definition) is 2. The molecule has 0 bridgehead atoms. The van der Waals surface area contributed by atoms with Crippen LogP contribution >= 0.6 is 11.6 Å². The number of sulfonamides is 1. The molecule has 0 saturated heterocycles. The van der Waals surface area contributed by atoms with Crippen LogP contribution in [0.15, 0.2) is 41.3 Å². The summed E-state index contributed by atoms with van der Waals surface area (Å²) < 4.78 is 71.9. The SMILES string of the molecule is COc1ccc(C(=O)OCC(=O)Nc2c(Cl)cccc2C(F)(F)F)cc1S(N)(=O)=O. The maximum atomic E-state index is 13.0. The number of nitrogens with two attached hydrogens (primary N) is 1. The Kier molecular flexibility index (Phi) is 6.95. The predicted octanol–water partition coefficient (Wildman–Crippen LogP) is 2.81. The zero-order chi connectivity index (χ0) is 22.7. The first-order chi connectivity index (χ1) is 13.8. The Morgan fingerprint density at radius 1 is 1.20 bits per heavy atom. The van der Waals surface area contributed by atoms with E-state index in [0.717, 1.165) is 36.4 Å². The van der Waals surface area contributed by atoms with Gasteiger partial charge in [-0.05, 0) is 30.3 Å². The first-order valence-corrected chi connectivity index (χ1v) is 9.80. The number of benzene rings is 2. The third kappa shape index (κ3) is 5.62. The zero-order valence-electron chi connectivity index (χ0n) is 15.1. The zero-order valence-corrected chi connectivity index (χ0v) is 16.7. The molecular formula is C17H14ClF3N2O6S. The number of para-hydroxylation sites is 1. The number of carbonyl (C=O) groups excluding carboxylic acids is 2. The molecule has 0 aliphatic carbocycles. The Morgan fingerprint density at radius 3 is 2.43 bits per heavy atom. The van der Waals surface area contributed by atoms with Gasteiger partial charge in [0, 0.05) is 0 Å². The summed E-state index contributed by atoms with van der Waals surface area (Å²) in [6.45, 7) is -0.960. The van der Waals surface area contributed by atoms with Crippen molar-refractivity contribution < 1.29 is 40.7 Å². The lowest BCUT2D eigenvalue weighted by molar-refractivity contribution is -0.137. The number of alkyl halides is 3. The summed E-state index contributed by atoms with van der Waals surface area (Å²) in [5, 5.41) is 6.62. The quantitative estimate of drug-likeness (QED) is 0.631. The molecule has 2 aromatic carbocycles. The van der Waals surface area contributed by atoms with Crippen LogP contribution < -0.4 is 15.2 Å². The van der Waals surface area contributed by atoms with E-state index < -0.39 is 50.8 Å². The molecule has 2 aromatic rings. The van der Waals surface area contributed by atoms with Gasteiger partial charge in [-0.2, -0.15) is 13.2 Å². The lowest BCUT2D eigenvalue weighted by atomic mass is 10.1. The number of ether oxygens (including phenoxy) is 2. The van der Waals surface area contributed by atoms with Gasteiger partial charge < -0.3 is 14.8 Å². The fourth-order valence-corrected chi connectivity index (χ4v) is 3.25. The highest BCUT2D eigenvalue weighted by Gasteiger charge is 2.34. The largest absolute Gasteiger partial charge is 0.495 e. The molecule has 0 aliphatic heterocycles. The van der Waals surface area contributed by atoms with E-state index in [1.54, 1.807) is 0 Å². The van der Waals surface area contributed by atoms with Crippen molar-refractivity contribution in [1.82, 2.24) is 0 Å². The second-order valence-corrected chi connectivity index (χ2v) is 7.63. The highest BCUT2D eigenvalue weighted by atomic mass is 35.5. The maximum absolute atomic E-state index is 13.0. The van der Waals surface area contributed by atoms with E-state index in [1.165, 1.54) is 7.11 Å². The Labute approximate surface area is 173 Å². The highest BCUT2D eigenvalue weighted by molar-refractivity contribution is 7.89. The minimum absolute atomic E-state index is 0.120. The summed E-state index contributed by atoms with van der Waals surface area (Å²) in [5.41, 5.74) is -2.14. The predicted molar refractivity (Wildman–Crippen MR) is 99.7 cm³/mol. The molecule has 0 unspecified atom stereocenters. The number of nitrogens with one attached hydrogen (secondary N) is 1. The number of rotatable bonds is 6. The van der Waals surface area contributed by atoms with Crippen molar-refractivity contribution in [3.05, 3.63) is 52.5 Å². The average Bonchev–Trinajstić information content (AvgIpc) is 2.65. The third-order valence-corrected chi connectivity index (χ3v) is 4.87. The first kappa shape index (κ1) is 23.4. The Balaban J connectivity index is 2.14. The number of hydrogen-bond acceptors (Lipinski definition) is 6. The van der Waals surface area contributed by atoms with Crippen molar-refractivity contribution in [2.75, 3.05) is 19.0 Å². The Bertz CT molecular complexity index is 1090. The van der Waals surface area contributed by atoms with E-state index in [0.29, 0.717) is 0 Å². The molecule has 30 heavy (non-hydrogen) atoms. The standard InChI is InChI=1S/C17H14ClF3N2O6S/c1-28-12-6-5-9(7-13(12)30(22,26)27)16(25)29-8-14(24)23-15-10(17(19,20)21)3-2-4-11(15)18/h2-7H,8H2,1H3,(H,23,24)(H2,22,26,27). The molecule has 0 fully saturated rings. The van der Waals surface area contributed by atoms with E-state index in [-0.39, 0.29) is 16.3 Å². The first-order valence-electron chi connectivity index (χ1n) is 7.88. The van der Waals surface area contributed by atoms with Crippen LogP contribution in [0, 0.1) is 0 Å². The maximum Gasteiger partial charge on any atom is 0.418 e. The van der Waals surface area contributed by atoms with Crippen LogP contribution in [0.5, 0.6) is 5.75 Å². The van der Waals surface area contributed by atoms with Crippen molar-refractivity contribution >= 4 is 39.2 Å². The monoisotopic (exact) mass is 466 g/mol. The van der Waals surface area contributed by atoms with Crippen LogP contribution in [-0.2, 0) is 25.7 Å². The number of carbonyl (C=O) groups is 2. The van der Waals surface area contributed by atoms with Crippen LogP contribution in [0.3, 0.4) is 0 Å². The van der Waals surface area contributed by atoms with Gasteiger partial charge in [-0.1, -0.05) is 17.7 Å². The van der Waals surface area contributed by atoms with Crippen LogP contribution in [0.25, 0.3) is 0 Å². The molecule has 2 rings (SSSR count). The molecule has 162 valence electrons. The lowest BCUT2D eigenvalue weighted by Gasteiger charge is -2.15. The molecule has 0 radical (unpaired) electrons. The minimum atomic E-state index is -4.78. The van der Waals surface area contributed by atoms with Gasteiger partial charge in [0.05, 0.1) is 28.9 Å². The highest BCUT2D eigenvalue weighted by Crippen LogP contribution is 2.38. The van der Waals surface area contributed by atoms with Crippen LogP contribution in [0.1, 0.15) is 15.9 Å². The average molecular weight is 467 g/mol. The van der Waals surface area contributed by atoms with Crippen molar-refractivity contribution in [1.29, 1.82) is 0 Å². The van der Waals surface area contributed by atoms with Crippen LogP contribution in [0.2, 0.25) is 5.02 Å². The van der Waals surface area contributed by atoms with Crippen LogP contribution in [0.4, 0.5) is 18.9 Å². The molecule has 3 N–H and O–H groups in total. The third-order valence-electron chi connectivity index (χ3n) is 3.62. The normalized spacial score (nSPS) is 11.7. The fraction of sp³-hybridized carbons (Fsp3) is 0.176. The Hall–Kier alpha value is -2.83. The number of primary sulfonamides is 1. The van der Waals surface area contributed by atoms with E-state index in [1.807, 2.05) is 5.32 Å². The summed E-state index contributed by atoms with van der Waals surface area (Å²) >= 11 is 5.72. The second-order valence-electron chi connectivity index (χ2n) is 5.70. The van der Waals surface area contributed by atoms with Gasteiger partial charge in [-0.15, -0.1) is 0 Å². The number of esters is 1. The molecule has 1 amide bonds. The molecule has 0 heterocycles. The summed E-state index contributed by atoms with van der Waals surface area (Å²) in [7, 11) is -3.04. The van der Waals surface area contributed by atoms with Crippen LogP contribution in [-0.4, -0.2) is 34.0 Å². The molecule has 0 spiro atoms. The number of halogens is 4. The van der Waals surface area contributed by atoms with Gasteiger partial charge >= 0.3 is 12.1 Å². The van der Waals surface area contributed by atoms with Gasteiger partial charge in [0.15, 0.2) is 6.61 Å². The van der Waals surface area contributed by atoms with Gasteiger partial charge in [-0.3, -0.25) is 4.79 Å². The Morgan fingerprint density at radius 2 is 1.87 bits per heavy atom. The molecule has 0 saturated carbocycles. The fourth-order valence-electron chi connectivity index (χ4n) is 2.30. The summed E-state index contributed by atoms with van der Waals surface area (Å²) in [4.78, 5) is 23.6. The van der Waals surface area contributed by atoms with Gasteiger partial charge in [0.2, 0.25) is 10.0 Å². The van der Waals surface area contributed by atoms with E-state index in [9.17, 15) is 31.2 Å². The molecule has 8 nitrogen and oxygen atoms in total. The summed E-state index contributed by atoms with van der Waals surface area (Å²) in [5.74, 6) is -2.33. The molecule has 0 aromatic heterocycles. The van der Waals surface area contributed by atoms with Gasteiger partial charge in [0.1, 0.15) is 10.6 Å². The van der Waals surface area contributed by atoms with Crippen molar-refractivity contribution in [2.24, 2.45) is 5.14 Å². The van der Waals surface area contributed by atoms with Crippen molar-refractivity contribution in [3.8, 4) is 5.75 Å². The van der Waals surface area contributed by atoms with Crippen molar-refractivity contribution in [2.45, 2.75) is 11.1 Å². The number of anilines is 1. The summed E-state index contributed by atoms with van der Waals surface area (Å²) in [6.07, 6.45) is -4.78. The smallest absolute Gasteiger partial charge is 0.418 e. The van der Waals surface area contributed by atoms with Crippen molar-refractivity contribution in [3.63, 3.8) is 0 Å². The minimum Gasteiger partial charge on any atom is -0.495 e. The van der Waals surface area contributed by atoms with E-state index >= 15 is 0 Å². The molecular weight excluding hydrogens is 453 g/mol. The molecule has 13 heteroatoms. The second kappa shape index (κ2) is 8.90. The molecule has 0 atom stereocenters. The number of amides is 1. The lowest BCUT2D eigenvalue weighted by Crippen LogP contribution is -2.23.